The molecule has 13 nitrogen and oxygen atoms in total. The van der Waals surface area contributed by atoms with Crippen LogP contribution in [0.25, 0.3) is 11.2 Å². The van der Waals surface area contributed by atoms with E-state index in [-0.39, 0.29) is 17.1 Å². The number of nitrogens with one attached hydrogen (secondary N) is 1. The van der Waals surface area contributed by atoms with Gasteiger partial charge in [-0.05, 0) is 0 Å². The van der Waals surface area contributed by atoms with E-state index in [0.717, 1.165) is 0 Å². The van der Waals surface area contributed by atoms with Crippen molar-refractivity contribution in [2.75, 3.05) is 25.6 Å². The molecule has 0 aromatic carbocycles. The van der Waals surface area contributed by atoms with Crippen molar-refractivity contribution >= 4 is 24.9 Å². The highest BCUT2D eigenvalue weighted by atomic mass is 31.2. The average molecular weight is 391 g/mol. The molecule has 2 aromatic heterocycles. The van der Waals surface area contributed by atoms with Gasteiger partial charge in [0.2, 0.25) is 5.95 Å². The monoisotopic (exact) mass is 391 g/mol. The van der Waals surface area contributed by atoms with Crippen molar-refractivity contribution in [2.45, 2.75) is 24.5 Å². The molecular formula is C12H18N5O8P. The number of phosphoric ester groups is 1. The van der Waals surface area contributed by atoms with E-state index >= 15 is 0 Å². The SMILES string of the molecule is CN(C)c1nc2c(ncn2[C@@H]2O[C@H](CO)[C@@H](OP(=O)(O)O)[C@H]2O)c(=O)[nH]1. The van der Waals surface area contributed by atoms with Crippen LogP contribution >= 0.6 is 7.82 Å². The zero-order chi connectivity index (χ0) is 19.2. The molecule has 0 saturated carbocycles. The highest BCUT2D eigenvalue weighted by molar-refractivity contribution is 7.46. The molecule has 4 atom stereocenters. The van der Waals surface area contributed by atoms with Crippen LogP contribution in [0.2, 0.25) is 0 Å². The minimum Gasteiger partial charge on any atom is -0.394 e. The molecule has 0 bridgehead atoms. The lowest BCUT2D eigenvalue weighted by Crippen LogP contribution is -2.35. The third-order valence-electron chi connectivity index (χ3n) is 3.87. The molecule has 14 heteroatoms. The second-order valence-corrected chi connectivity index (χ2v) is 7.10. The van der Waals surface area contributed by atoms with Gasteiger partial charge in [-0.15, -0.1) is 0 Å². The molecule has 1 fully saturated rings. The summed E-state index contributed by atoms with van der Waals surface area (Å²) in [6, 6.07) is 0. The number of ether oxygens (including phenoxy) is 1. The quantitative estimate of drug-likeness (QED) is 0.352. The smallest absolute Gasteiger partial charge is 0.394 e. The van der Waals surface area contributed by atoms with Crippen LogP contribution in [0.15, 0.2) is 11.1 Å². The lowest BCUT2D eigenvalue weighted by Gasteiger charge is -2.20. The van der Waals surface area contributed by atoms with Gasteiger partial charge in [0.25, 0.3) is 5.56 Å². The van der Waals surface area contributed by atoms with E-state index in [4.69, 9.17) is 14.5 Å². The number of aromatic amines is 1. The molecule has 1 saturated heterocycles. The number of phosphoric acid groups is 1. The summed E-state index contributed by atoms with van der Waals surface area (Å²) >= 11 is 0. The number of hydrogen-bond acceptors (Lipinski definition) is 9. The van der Waals surface area contributed by atoms with E-state index in [0.29, 0.717) is 0 Å². The van der Waals surface area contributed by atoms with Gasteiger partial charge in [-0.25, -0.2) is 9.55 Å². The Morgan fingerprint density at radius 1 is 1.46 bits per heavy atom. The Kier molecular flexibility index (Phi) is 4.88. The maximum Gasteiger partial charge on any atom is 0.470 e. The van der Waals surface area contributed by atoms with Crippen molar-refractivity contribution in [3.8, 4) is 0 Å². The van der Waals surface area contributed by atoms with Crippen LogP contribution in [0.1, 0.15) is 6.23 Å². The summed E-state index contributed by atoms with van der Waals surface area (Å²) in [5.74, 6) is 0.235. The molecule has 1 aliphatic rings. The molecule has 0 aliphatic carbocycles. The fourth-order valence-electron chi connectivity index (χ4n) is 2.70. The molecule has 0 amide bonds. The first-order chi connectivity index (χ1) is 12.1. The number of H-pyrrole nitrogens is 1. The average Bonchev–Trinajstić information content (AvgIpc) is 3.08. The van der Waals surface area contributed by atoms with Crippen molar-refractivity contribution in [3.63, 3.8) is 0 Å². The van der Waals surface area contributed by atoms with Gasteiger partial charge in [0.05, 0.1) is 12.9 Å². The molecule has 0 unspecified atom stereocenters. The number of anilines is 1. The fourth-order valence-corrected chi connectivity index (χ4v) is 3.28. The van der Waals surface area contributed by atoms with Gasteiger partial charge < -0.3 is 29.6 Å². The van der Waals surface area contributed by atoms with Crippen LogP contribution in [-0.4, -0.2) is 78.5 Å². The molecule has 144 valence electrons. The number of imidazole rings is 1. The van der Waals surface area contributed by atoms with Crippen molar-refractivity contribution in [1.29, 1.82) is 0 Å². The summed E-state index contributed by atoms with van der Waals surface area (Å²) in [6.07, 6.45) is -4.26. The molecular weight excluding hydrogens is 373 g/mol. The topological polar surface area (TPSA) is 183 Å². The van der Waals surface area contributed by atoms with E-state index in [1.54, 1.807) is 19.0 Å². The number of aliphatic hydroxyl groups excluding tert-OH is 2. The van der Waals surface area contributed by atoms with E-state index in [9.17, 15) is 19.6 Å². The summed E-state index contributed by atoms with van der Waals surface area (Å²) < 4.78 is 22.4. The first-order valence-electron chi connectivity index (χ1n) is 7.45. The Balaban J connectivity index is 2.03. The lowest BCUT2D eigenvalue weighted by molar-refractivity contribution is -0.0509. The normalized spacial score (nSPS) is 26.5. The number of aliphatic hydroxyl groups is 2. The third kappa shape index (κ3) is 3.38. The number of nitrogens with zero attached hydrogens (tertiary/aromatic N) is 4. The van der Waals surface area contributed by atoms with Crippen LogP contribution in [0.3, 0.4) is 0 Å². The molecule has 0 spiro atoms. The lowest BCUT2D eigenvalue weighted by atomic mass is 10.1. The van der Waals surface area contributed by atoms with Crippen molar-refractivity contribution in [3.05, 3.63) is 16.7 Å². The van der Waals surface area contributed by atoms with Gasteiger partial charge in [0.15, 0.2) is 17.4 Å². The number of fused-ring (bicyclic) bond motifs is 1. The minimum absolute atomic E-state index is 0.00805. The summed E-state index contributed by atoms with van der Waals surface area (Å²) in [7, 11) is -1.61. The molecule has 0 radical (unpaired) electrons. The van der Waals surface area contributed by atoms with Crippen molar-refractivity contribution in [1.82, 2.24) is 19.5 Å². The molecule has 3 rings (SSSR count). The zero-order valence-corrected chi connectivity index (χ0v) is 14.6. The first kappa shape index (κ1) is 18.9. The number of hydrogen-bond donors (Lipinski definition) is 5. The Labute approximate surface area is 146 Å². The van der Waals surface area contributed by atoms with Crippen LogP contribution in [0.4, 0.5) is 5.95 Å². The van der Waals surface area contributed by atoms with Crippen molar-refractivity contribution < 1.29 is 33.8 Å². The summed E-state index contributed by atoms with van der Waals surface area (Å²) in [4.78, 5) is 42.4. The van der Waals surface area contributed by atoms with E-state index in [1.807, 2.05) is 0 Å². The Hall–Kier alpha value is -1.86. The van der Waals surface area contributed by atoms with Gasteiger partial charge in [-0.1, -0.05) is 0 Å². The number of rotatable bonds is 5. The Morgan fingerprint density at radius 3 is 2.73 bits per heavy atom. The van der Waals surface area contributed by atoms with Gasteiger partial charge >= 0.3 is 7.82 Å². The highest BCUT2D eigenvalue weighted by Crippen LogP contribution is 2.44. The summed E-state index contributed by atoms with van der Waals surface area (Å²) in [6.45, 7) is -0.651. The van der Waals surface area contributed by atoms with E-state index < -0.39 is 44.5 Å². The fraction of sp³-hybridized carbons (Fsp3) is 0.583. The van der Waals surface area contributed by atoms with Crippen LogP contribution < -0.4 is 10.5 Å². The van der Waals surface area contributed by atoms with E-state index in [2.05, 4.69) is 19.5 Å². The van der Waals surface area contributed by atoms with Crippen LogP contribution in [0, 0.1) is 0 Å². The predicted molar refractivity (Wildman–Crippen MR) is 86.4 cm³/mol. The maximum absolute atomic E-state index is 12.1. The van der Waals surface area contributed by atoms with Crippen LogP contribution in [0.5, 0.6) is 0 Å². The summed E-state index contributed by atoms with van der Waals surface area (Å²) in [5.41, 5.74) is -0.423. The zero-order valence-electron chi connectivity index (χ0n) is 13.8. The minimum atomic E-state index is -4.94. The highest BCUT2D eigenvalue weighted by Gasteiger charge is 2.48. The van der Waals surface area contributed by atoms with Gasteiger partial charge in [-0.3, -0.25) is 18.9 Å². The second kappa shape index (κ2) is 6.70. The molecule has 3 heterocycles. The van der Waals surface area contributed by atoms with Gasteiger partial charge in [-0.2, -0.15) is 4.98 Å². The van der Waals surface area contributed by atoms with Gasteiger partial charge in [0, 0.05) is 14.1 Å². The van der Waals surface area contributed by atoms with Crippen molar-refractivity contribution in [2.24, 2.45) is 0 Å². The van der Waals surface area contributed by atoms with E-state index in [1.165, 1.54) is 10.9 Å². The largest absolute Gasteiger partial charge is 0.470 e. The predicted octanol–water partition coefficient (Wildman–Crippen LogP) is -2.09. The molecule has 2 aromatic rings. The number of aromatic nitrogens is 4. The first-order valence-corrected chi connectivity index (χ1v) is 8.98. The maximum atomic E-state index is 12.1. The molecule has 26 heavy (non-hydrogen) atoms. The van der Waals surface area contributed by atoms with Crippen LogP contribution in [-0.2, 0) is 13.8 Å². The summed E-state index contributed by atoms with van der Waals surface area (Å²) in [5, 5.41) is 19.8. The third-order valence-corrected chi connectivity index (χ3v) is 4.38. The standard InChI is InChI=1S/C12H18N5O8P/c1-16(2)12-14-9-6(10(20)15-12)13-4-17(9)11-7(19)8(5(3-18)24-11)25-26(21,22)23/h4-5,7-8,11,18-19H,3H2,1-2H3,(H,14,15,20)(H2,21,22,23)/t5-,7-,8-,11-/m1/s1. The Morgan fingerprint density at radius 2 is 2.15 bits per heavy atom. The Bertz CT molecular complexity index is 907. The second-order valence-electron chi connectivity index (χ2n) is 5.91. The molecule has 5 N–H and O–H groups in total. The molecule has 1 aliphatic heterocycles. The van der Waals surface area contributed by atoms with Gasteiger partial charge in [0.1, 0.15) is 18.3 Å².